The Morgan fingerprint density at radius 3 is 2.17 bits per heavy atom. The highest BCUT2D eigenvalue weighted by molar-refractivity contribution is 7.92. The van der Waals surface area contributed by atoms with E-state index in [2.05, 4.69) is 0 Å². The van der Waals surface area contributed by atoms with E-state index in [1.54, 1.807) is 11.9 Å². The molecule has 1 amide bonds. The lowest BCUT2D eigenvalue weighted by molar-refractivity contribution is -0.129. The zero-order valence-electron chi connectivity index (χ0n) is 13.6. The molecule has 0 bridgehead atoms. The van der Waals surface area contributed by atoms with E-state index in [0.29, 0.717) is 22.3 Å². The molecule has 0 radical (unpaired) electrons. The highest BCUT2D eigenvalue weighted by atomic mass is 35.5. The Morgan fingerprint density at radius 1 is 1.13 bits per heavy atom. The van der Waals surface area contributed by atoms with Gasteiger partial charge in [0, 0.05) is 36.6 Å². The van der Waals surface area contributed by atoms with Gasteiger partial charge in [-0.05, 0) is 24.6 Å². The normalized spacial score (nSPS) is 11.3. The van der Waals surface area contributed by atoms with E-state index in [4.69, 9.17) is 23.2 Å². The summed E-state index contributed by atoms with van der Waals surface area (Å²) in [5.41, 5.74) is 0.356. The van der Waals surface area contributed by atoms with Crippen LogP contribution >= 0.6 is 23.2 Å². The van der Waals surface area contributed by atoms with Crippen molar-refractivity contribution in [3.63, 3.8) is 0 Å². The number of benzene rings is 1. The van der Waals surface area contributed by atoms with E-state index in [1.807, 2.05) is 6.92 Å². The lowest BCUT2D eigenvalue weighted by Gasteiger charge is -2.24. The third-order valence-corrected chi connectivity index (χ3v) is 4.97. The molecular weight excluding hydrogens is 359 g/mol. The second-order valence-corrected chi connectivity index (χ2v) is 8.16. The van der Waals surface area contributed by atoms with Crippen molar-refractivity contribution in [3.05, 3.63) is 28.2 Å². The molecule has 0 spiro atoms. The first-order valence-corrected chi connectivity index (χ1v) is 9.93. The zero-order chi connectivity index (χ0) is 17.6. The fourth-order valence-electron chi connectivity index (χ4n) is 2.08. The van der Waals surface area contributed by atoms with Crippen molar-refractivity contribution >= 4 is 44.8 Å². The van der Waals surface area contributed by atoms with Crippen molar-refractivity contribution in [2.75, 3.05) is 30.7 Å². The van der Waals surface area contributed by atoms with E-state index in [1.165, 1.54) is 18.2 Å². The molecule has 0 aliphatic heterocycles. The number of anilines is 1. The molecular formula is C15H22Cl2N2O3S. The molecule has 0 heterocycles. The van der Waals surface area contributed by atoms with Gasteiger partial charge in [-0.2, -0.15) is 0 Å². The molecule has 0 aliphatic rings. The molecule has 0 aliphatic carbocycles. The topological polar surface area (TPSA) is 57.7 Å². The van der Waals surface area contributed by atoms with E-state index >= 15 is 0 Å². The quantitative estimate of drug-likeness (QED) is 0.694. The van der Waals surface area contributed by atoms with Crippen LogP contribution in [0.4, 0.5) is 5.69 Å². The minimum atomic E-state index is -3.54. The first-order chi connectivity index (χ1) is 10.6. The predicted molar refractivity (Wildman–Crippen MR) is 95.8 cm³/mol. The lowest BCUT2D eigenvalue weighted by Crippen LogP contribution is -2.35. The molecule has 0 aromatic heterocycles. The molecule has 1 aromatic rings. The SMILES string of the molecule is CCCCN(C)C(=O)CCN(c1cc(Cl)cc(Cl)c1)S(C)(=O)=O. The van der Waals surface area contributed by atoms with Gasteiger partial charge >= 0.3 is 0 Å². The number of amides is 1. The summed E-state index contributed by atoms with van der Waals surface area (Å²) in [6.45, 7) is 2.76. The van der Waals surface area contributed by atoms with Gasteiger partial charge in [-0.25, -0.2) is 8.42 Å². The summed E-state index contributed by atoms with van der Waals surface area (Å²) < 4.78 is 25.2. The summed E-state index contributed by atoms with van der Waals surface area (Å²) in [6, 6.07) is 4.55. The highest BCUT2D eigenvalue weighted by Gasteiger charge is 2.20. The summed E-state index contributed by atoms with van der Waals surface area (Å²) >= 11 is 11.9. The van der Waals surface area contributed by atoms with Gasteiger partial charge in [-0.1, -0.05) is 36.5 Å². The number of rotatable bonds is 8. The van der Waals surface area contributed by atoms with Gasteiger partial charge in [0.1, 0.15) is 0 Å². The highest BCUT2D eigenvalue weighted by Crippen LogP contribution is 2.27. The summed E-state index contributed by atoms with van der Waals surface area (Å²) in [5.74, 6) is -0.0970. The van der Waals surface area contributed by atoms with Gasteiger partial charge in [0.25, 0.3) is 0 Å². The second-order valence-electron chi connectivity index (χ2n) is 5.38. The molecule has 0 atom stereocenters. The zero-order valence-corrected chi connectivity index (χ0v) is 15.9. The maximum absolute atomic E-state index is 12.1. The molecule has 23 heavy (non-hydrogen) atoms. The number of hydrogen-bond acceptors (Lipinski definition) is 3. The van der Waals surface area contributed by atoms with E-state index in [-0.39, 0.29) is 18.9 Å². The summed E-state index contributed by atoms with van der Waals surface area (Å²) in [4.78, 5) is 13.7. The number of carbonyl (C=O) groups is 1. The molecule has 1 aromatic carbocycles. The smallest absolute Gasteiger partial charge is 0.232 e. The van der Waals surface area contributed by atoms with Crippen molar-refractivity contribution in [2.45, 2.75) is 26.2 Å². The van der Waals surface area contributed by atoms with Gasteiger partial charge in [-0.15, -0.1) is 0 Å². The molecule has 0 unspecified atom stereocenters. The average molecular weight is 381 g/mol. The Kier molecular flexibility index (Phi) is 7.64. The van der Waals surface area contributed by atoms with Crippen molar-refractivity contribution < 1.29 is 13.2 Å². The Labute approximate surface area is 148 Å². The van der Waals surface area contributed by atoms with Crippen LogP contribution in [-0.4, -0.2) is 45.6 Å². The molecule has 0 fully saturated rings. The molecule has 0 saturated heterocycles. The van der Waals surface area contributed by atoms with Crippen molar-refractivity contribution in [1.82, 2.24) is 4.90 Å². The minimum absolute atomic E-state index is 0.0464. The van der Waals surface area contributed by atoms with Gasteiger partial charge in [0.2, 0.25) is 15.9 Å². The first kappa shape index (κ1) is 20.1. The maximum atomic E-state index is 12.1. The molecule has 130 valence electrons. The monoisotopic (exact) mass is 380 g/mol. The number of carbonyl (C=O) groups excluding carboxylic acids is 1. The summed E-state index contributed by atoms with van der Waals surface area (Å²) in [7, 11) is -1.82. The van der Waals surface area contributed by atoms with Gasteiger partial charge in [0.05, 0.1) is 11.9 Å². The molecule has 1 rings (SSSR count). The first-order valence-electron chi connectivity index (χ1n) is 7.33. The van der Waals surface area contributed by atoms with Crippen LogP contribution in [-0.2, 0) is 14.8 Å². The Hall–Kier alpha value is -0.980. The van der Waals surface area contributed by atoms with Crippen LogP contribution in [0.25, 0.3) is 0 Å². The van der Waals surface area contributed by atoms with Crippen LogP contribution in [0, 0.1) is 0 Å². The molecule has 0 saturated carbocycles. The molecule has 0 N–H and O–H groups in total. The van der Waals surface area contributed by atoms with E-state index in [0.717, 1.165) is 23.4 Å². The third-order valence-electron chi connectivity index (χ3n) is 3.34. The largest absolute Gasteiger partial charge is 0.346 e. The van der Waals surface area contributed by atoms with E-state index in [9.17, 15) is 13.2 Å². The van der Waals surface area contributed by atoms with Crippen LogP contribution in [0.15, 0.2) is 18.2 Å². The van der Waals surface area contributed by atoms with Crippen molar-refractivity contribution in [2.24, 2.45) is 0 Å². The van der Waals surface area contributed by atoms with E-state index < -0.39 is 10.0 Å². The standard InChI is InChI=1S/C15H22Cl2N2O3S/c1-4-5-7-18(2)15(20)6-8-19(23(3,21)22)14-10-12(16)9-13(17)11-14/h9-11H,4-8H2,1-3H3. The number of nitrogens with zero attached hydrogens (tertiary/aromatic N) is 2. The lowest BCUT2D eigenvalue weighted by atomic mass is 10.3. The van der Waals surface area contributed by atoms with Crippen LogP contribution < -0.4 is 4.31 Å². The van der Waals surface area contributed by atoms with Crippen LogP contribution in [0.5, 0.6) is 0 Å². The fourth-order valence-corrected chi connectivity index (χ4v) is 3.50. The maximum Gasteiger partial charge on any atom is 0.232 e. The molecule has 5 nitrogen and oxygen atoms in total. The number of halogens is 2. The Bertz CT molecular complexity index is 630. The van der Waals surface area contributed by atoms with Crippen molar-refractivity contribution in [1.29, 1.82) is 0 Å². The third kappa shape index (κ3) is 6.57. The second kappa shape index (κ2) is 8.76. The number of hydrogen-bond donors (Lipinski definition) is 0. The number of sulfonamides is 1. The molecule has 8 heteroatoms. The van der Waals surface area contributed by atoms with Crippen LogP contribution in [0.2, 0.25) is 10.0 Å². The number of unbranched alkanes of at least 4 members (excludes halogenated alkanes) is 1. The van der Waals surface area contributed by atoms with Gasteiger partial charge < -0.3 is 4.90 Å². The van der Waals surface area contributed by atoms with Gasteiger partial charge in [-0.3, -0.25) is 9.10 Å². The fraction of sp³-hybridized carbons (Fsp3) is 0.533. The van der Waals surface area contributed by atoms with Gasteiger partial charge in [0.15, 0.2) is 0 Å². The summed E-state index contributed by atoms with van der Waals surface area (Å²) in [6.07, 6.45) is 3.10. The minimum Gasteiger partial charge on any atom is -0.346 e. The Morgan fingerprint density at radius 2 is 1.70 bits per heavy atom. The van der Waals surface area contributed by atoms with Crippen LogP contribution in [0.1, 0.15) is 26.2 Å². The van der Waals surface area contributed by atoms with Crippen LogP contribution in [0.3, 0.4) is 0 Å². The average Bonchev–Trinajstić information content (AvgIpc) is 2.42. The van der Waals surface area contributed by atoms with Crippen molar-refractivity contribution in [3.8, 4) is 0 Å². The Balaban J connectivity index is 2.87. The predicted octanol–water partition coefficient (Wildman–Crippen LogP) is 3.41. The summed E-state index contributed by atoms with van der Waals surface area (Å²) in [5, 5.41) is 0.681.